The molecule has 0 aliphatic carbocycles. The number of halogens is 3. The molecule has 10 heteroatoms. The number of nitrogens with zero attached hydrogens (tertiary/aromatic N) is 1. The largest absolute Gasteiger partial charge is 0.490 e. The first kappa shape index (κ1) is 25.9. The van der Waals surface area contributed by atoms with Crippen LogP contribution in [0.15, 0.2) is 75.2 Å². The third kappa shape index (κ3) is 5.64. The Bertz CT molecular complexity index is 1380. The molecule has 0 saturated carbocycles. The van der Waals surface area contributed by atoms with Gasteiger partial charge in [-0.3, -0.25) is 14.9 Å². The Balaban J connectivity index is 1.66. The van der Waals surface area contributed by atoms with E-state index in [2.05, 4.69) is 37.2 Å². The Morgan fingerprint density at radius 3 is 2.42 bits per heavy atom. The lowest BCUT2D eigenvalue weighted by atomic mass is 10.1. The van der Waals surface area contributed by atoms with Gasteiger partial charge in [-0.15, -0.1) is 0 Å². The average molecular weight is 635 g/mol. The average Bonchev–Trinajstić information content (AvgIpc) is 2.83. The summed E-state index contributed by atoms with van der Waals surface area (Å²) in [5.41, 5.74) is 1.45. The van der Waals surface area contributed by atoms with Gasteiger partial charge in [0, 0.05) is 14.5 Å². The molecule has 36 heavy (non-hydrogen) atoms. The van der Waals surface area contributed by atoms with Crippen molar-refractivity contribution >= 4 is 73.1 Å². The Morgan fingerprint density at radius 1 is 1.00 bits per heavy atom. The monoisotopic (exact) mass is 632 g/mol. The van der Waals surface area contributed by atoms with E-state index >= 15 is 0 Å². The lowest BCUT2D eigenvalue weighted by Crippen LogP contribution is -2.54. The summed E-state index contributed by atoms with van der Waals surface area (Å²) in [6.07, 6.45) is 1.36. The quantitative estimate of drug-likeness (QED) is 0.237. The topological polar surface area (TPSA) is 84.9 Å². The minimum atomic E-state index is -0.826. The first-order valence-electron chi connectivity index (χ1n) is 10.8. The van der Waals surface area contributed by atoms with Crippen LogP contribution in [0.5, 0.6) is 11.5 Å². The van der Waals surface area contributed by atoms with Crippen LogP contribution in [0.4, 0.5) is 10.5 Å². The van der Waals surface area contributed by atoms with Gasteiger partial charge in [-0.2, -0.15) is 0 Å². The number of anilines is 1. The van der Waals surface area contributed by atoms with E-state index in [0.717, 1.165) is 19.4 Å². The lowest BCUT2D eigenvalue weighted by Gasteiger charge is -2.26. The second kappa shape index (κ2) is 11.3. The number of imide groups is 2. The molecule has 0 bridgehead atoms. The molecular weight excluding hydrogens is 616 g/mol. The molecule has 1 aliphatic rings. The Hall–Kier alpha value is -3.14. The fourth-order valence-corrected chi connectivity index (χ4v) is 4.43. The molecule has 0 unspecified atom stereocenters. The van der Waals surface area contributed by atoms with Gasteiger partial charge in [0.2, 0.25) is 0 Å². The molecule has 1 saturated heterocycles. The van der Waals surface area contributed by atoms with E-state index in [-0.39, 0.29) is 17.2 Å². The van der Waals surface area contributed by atoms with Crippen LogP contribution in [0, 0.1) is 0 Å². The number of carbonyl (C=O) groups excluding carboxylic acids is 3. The molecule has 4 amide bonds. The minimum Gasteiger partial charge on any atom is -0.490 e. The number of amides is 4. The number of barbiturate groups is 1. The van der Waals surface area contributed by atoms with E-state index in [1.54, 1.807) is 36.4 Å². The van der Waals surface area contributed by atoms with Gasteiger partial charge in [-0.05, 0) is 61.0 Å². The number of rotatable bonds is 7. The zero-order valence-corrected chi connectivity index (χ0v) is 22.8. The van der Waals surface area contributed by atoms with E-state index in [4.69, 9.17) is 21.1 Å². The van der Waals surface area contributed by atoms with Gasteiger partial charge in [-0.1, -0.05) is 61.7 Å². The number of urea groups is 1. The number of hydrogen-bond donors (Lipinski definition) is 1. The van der Waals surface area contributed by atoms with Crippen LogP contribution >= 0.6 is 43.5 Å². The van der Waals surface area contributed by atoms with Gasteiger partial charge in [0.05, 0.1) is 17.3 Å². The fourth-order valence-electron chi connectivity index (χ4n) is 3.49. The highest BCUT2D eigenvalue weighted by atomic mass is 79.9. The number of benzene rings is 3. The summed E-state index contributed by atoms with van der Waals surface area (Å²) in [6.45, 7) is 2.40. The summed E-state index contributed by atoms with van der Waals surface area (Å²) in [5, 5.41) is 2.45. The first-order chi connectivity index (χ1) is 17.3. The number of nitrogens with one attached hydrogen (secondary N) is 1. The molecule has 4 rings (SSSR count). The third-order valence-electron chi connectivity index (χ3n) is 5.16. The number of hydrogen-bond acceptors (Lipinski definition) is 5. The van der Waals surface area contributed by atoms with Crippen LogP contribution < -0.4 is 19.7 Å². The van der Waals surface area contributed by atoms with Gasteiger partial charge in [0.15, 0.2) is 11.5 Å². The second-order valence-corrected chi connectivity index (χ2v) is 9.75. The van der Waals surface area contributed by atoms with Crippen LogP contribution in [-0.4, -0.2) is 24.5 Å². The van der Waals surface area contributed by atoms with Crippen LogP contribution in [0.3, 0.4) is 0 Å². The van der Waals surface area contributed by atoms with E-state index in [1.165, 1.54) is 6.08 Å². The molecule has 1 fully saturated rings. The highest BCUT2D eigenvalue weighted by molar-refractivity contribution is 9.10. The number of carbonyl (C=O) groups is 3. The Morgan fingerprint density at radius 2 is 1.72 bits per heavy atom. The molecule has 0 spiro atoms. The van der Waals surface area contributed by atoms with Gasteiger partial charge in [0.1, 0.15) is 12.2 Å². The van der Waals surface area contributed by atoms with Gasteiger partial charge < -0.3 is 9.47 Å². The maximum Gasteiger partial charge on any atom is 0.335 e. The summed E-state index contributed by atoms with van der Waals surface area (Å²) in [7, 11) is 0. The van der Waals surface area contributed by atoms with Crippen molar-refractivity contribution in [1.82, 2.24) is 5.32 Å². The van der Waals surface area contributed by atoms with Gasteiger partial charge >= 0.3 is 6.03 Å². The minimum absolute atomic E-state index is 0.224. The van der Waals surface area contributed by atoms with Crippen molar-refractivity contribution in [2.45, 2.75) is 13.5 Å². The predicted molar refractivity (Wildman–Crippen MR) is 144 cm³/mol. The molecule has 0 radical (unpaired) electrons. The highest BCUT2D eigenvalue weighted by Crippen LogP contribution is 2.38. The fraction of sp³-hybridized carbons (Fsp3) is 0.115. The van der Waals surface area contributed by atoms with Crippen molar-refractivity contribution in [1.29, 1.82) is 0 Å². The molecule has 3 aromatic carbocycles. The summed E-state index contributed by atoms with van der Waals surface area (Å²) in [6, 6.07) is 16.6. The van der Waals surface area contributed by atoms with E-state index in [0.29, 0.717) is 29.4 Å². The zero-order chi connectivity index (χ0) is 25.8. The number of ether oxygens (including phenoxy) is 2. The maximum atomic E-state index is 13.2. The van der Waals surface area contributed by atoms with E-state index < -0.39 is 17.8 Å². The standard InChI is InChI=1S/C26H19Br2ClN2O5/c1-2-35-22-13-15(12-21(29)23(22)36-14-16-5-3-4-6-20(16)28)11-19-24(32)30-26(34)31(25(19)33)18-9-7-17(27)8-10-18/h3-13H,2,14H2,1H3,(H,30,32,34)/b19-11+. The SMILES string of the molecule is CCOc1cc(/C=C2\C(=O)NC(=O)N(c3ccc(Br)cc3)C2=O)cc(Cl)c1OCc1ccccc1Br. The molecule has 1 aliphatic heterocycles. The normalized spacial score (nSPS) is 14.7. The Labute approximate surface area is 229 Å². The van der Waals surface area contributed by atoms with Crippen molar-refractivity contribution < 1.29 is 23.9 Å². The van der Waals surface area contributed by atoms with Crippen LogP contribution in [0.2, 0.25) is 5.02 Å². The van der Waals surface area contributed by atoms with Gasteiger partial charge in [-0.25, -0.2) is 9.69 Å². The molecule has 1 heterocycles. The smallest absolute Gasteiger partial charge is 0.335 e. The maximum absolute atomic E-state index is 13.2. The first-order valence-corrected chi connectivity index (χ1v) is 12.7. The lowest BCUT2D eigenvalue weighted by molar-refractivity contribution is -0.122. The van der Waals surface area contributed by atoms with Crippen molar-refractivity contribution in [3.05, 3.63) is 91.3 Å². The molecule has 184 valence electrons. The molecular formula is C26H19Br2ClN2O5. The van der Waals surface area contributed by atoms with E-state index in [9.17, 15) is 14.4 Å². The molecule has 1 N–H and O–H groups in total. The Kier molecular flexibility index (Phi) is 8.13. The van der Waals surface area contributed by atoms with Gasteiger partial charge in [0.25, 0.3) is 11.8 Å². The van der Waals surface area contributed by atoms with Crippen LogP contribution in [0.1, 0.15) is 18.1 Å². The predicted octanol–water partition coefficient (Wildman–Crippen LogP) is 6.51. The van der Waals surface area contributed by atoms with E-state index in [1.807, 2.05) is 31.2 Å². The molecule has 7 nitrogen and oxygen atoms in total. The summed E-state index contributed by atoms with van der Waals surface area (Å²) < 4.78 is 13.4. The van der Waals surface area contributed by atoms with Crippen LogP contribution in [-0.2, 0) is 16.2 Å². The van der Waals surface area contributed by atoms with Crippen molar-refractivity contribution in [3.63, 3.8) is 0 Å². The highest BCUT2D eigenvalue weighted by Gasteiger charge is 2.36. The van der Waals surface area contributed by atoms with Crippen molar-refractivity contribution in [2.24, 2.45) is 0 Å². The molecule has 3 aromatic rings. The third-order valence-corrected chi connectivity index (χ3v) is 6.74. The summed E-state index contributed by atoms with van der Waals surface area (Å²) in [5.74, 6) is -0.868. The van der Waals surface area contributed by atoms with Crippen LogP contribution in [0.25, 0.3) is 6.08 Å². The zero-order valence-electron chi connectivity index (χ0n) is 18.9. The molecule has 0 atom stereocenters. The van der Waals surface area contributed by atoms with Crippen molar-refractivity contribution in [2.75, 3.05) is 11.5 Å². The summed E-state index contributed by atoms with van der Waals surface area (Å²) >= 11 is 13.3. The second-order valence-electron chi connectivity index (χ2n) is 7.58. The molecule has 0 aromatic heterocycles. The summed E-state index contributed by atoms with van der Waals surface area (Å²) in [4.78, 5) is 39.0. The van der Waals surface area contributed by atoms with Crippen molar-refractivity contribution in [3.8, 4) is 11.5 Å².